The standard InChI is InChI=1S/C13H18BrFN2O/c1-8-11(4-5-18-8)13(17-16)6-9-2-3-10(15)7-12(9)14/h2-3,7-8,11,13,17H,4-6,16H2,1H3. The van der Waals surface area contributed by atoms with Crippen molar-refractivity contribution < 1.29 is 9.13 Å². The molecule has 0 bridgehead atoms. The van der Waals surface area contributed by atoms with Crippen LogP contribution in [0.5, 0.6) is 0 Å². The van der Waals surface area contributed by atoms with E-state index in [4.69, 9.17) is 10.6 Å². The fourth-order valence-electron chi connectivity index (χ4n) is 2.53. The predicted octanol–water partition coefficient (Wildman–Crippen LogP) is 2.39. The highest BCUT2D eigenvalue weighted by Gasteiger charge is 2.31. The number of nitrogens with two attached hydrogens (primary N) is 1. The van der Waals surface area contributed by atoms with Gasteiger partial charge < -0.3 is 4.74 Å². The highest BCUT2D eigenvalue weighted by Crippen LogP contribution is 2.27. The summed E-state index contributed by atoms with van der Waals surface area (Å²) >= 11 is 3.39. The van der Waals surface area contributed by atoms with Crippen molar-refractivity contribution >= 4 is 15.9 Å². The smallest absolute Gasteiger partial charge is 0.124 e. The zero-order valence-electron chi connectivity index (χ0n) is 10.3. The molecule has 1 fully saturated rings. The van der Waals surface area contributed by atoms with Crippen molar-refractivity contribution in [3.63, 3.8) is 0 Å². The summed E-state index contributed by atoms with van der Waals surface area (Å²) in [6.45, 7) is 2.86. The minimum Gasteiger partial charge on any atom is -0.378 e. The molecule has 1 aliphatic rings. The van der Waals surface area contributed by atoms with Gasteiger partial charge in [0.05, 0.1) is 6.10 Å². The first-order valence-corrected chi connectivity index (χ1v) is 6.92. The topological polar surface area (TPSA) is 47.3 Å². The van der Waals surface area contributed by atoms with Gasteiger partial charge >= 0.3 is 0 Å². The number of hydrogen-bond donors (Lipinski definition) is 2. The molecule has 100 valence electrons. The average molecular weight is 317 g/mol. The molecule has 0 amide bonds. The Bertz CT molecular complexity index is 416. The van der Waals surface area contributed by atoms with Gasteiger partial charge in [-0.05, 0) is 37.5 Å². The monoisotopic (exact) mass is 316 g/mol. The van der Waals surface area contributed by atoms with Crippen LogP contribution in [0.1, 0.15) is 18.9 Å². The predicted molar refractivity (Wildman–Crippen MR) is 72.4 cm³/mol. The molecule has 0 aromatic heterocycles. The SMILES string of the molecule is CC1OCCC1C(Cc1ccc(F)cc1Br)NN. The minimum atomic E-state index is -0.236. The Balaban J connectivity index is 2.10. The second-order valence-electron chi connectivity index (χ2n) is 4.74. The summed E-state index contributed by atoms with van der Waals surface area (Å²) in [5.74, 6) is 5.81. The number of rotatable bonds is 4. The van der Waals surface area contributed by atoms with Crippen LogP contribution in [0.4, 0.5) is 4.39 Å². The number of hydrogen-bond acceptors (Lipinski definition) is 3. The van der Waals surface area contributed by atoms with E-state index in [1.54, 1.807) is 6.07 Å². The quantitative estimate of drug-likeness (QED) is 0.662. The fourth-order valence-corrected chi connectivity index (χ4v) is 3.05. The van der Waals surface area contributed by atoms with Crippen molar-refractivity contribution in [3.8, 4) is 0 Å². The van der Waals surface area contributed by atoms with E-state index in [0.29, 0.717) is 5.92 Å². The Morgan fingerprint density at radius 1 is 1.61 bits per heavy atom. The Labute approximate surface area is 115 Å². The van der Waals surface area contributed by atoms with Gasteiger partial charge in [-0.1, -0.05) is 22.0 Å². The molecule has 3 unspecified atom stereocenters. The van der Waals surface area contributed by atoms with Crippen LogP contribution < -0.4 is 11.3 Å². The molecule has 1 aromatic rings. The first-order valence-electron chi connectivity index (χ1n) is 6.13. The first kappa shape index (κ1) is 13.9. The highest BCUT2D eigenvalue weighted by atomic mass is 79.9. The van der Waals surface area contributed by atoms with Gasteiger partial charge in [0.2, 0.25) is 0 Å². The van der Waals surface area contributed by atoms with Crippen LogP contribution in [-0.2, 0) is 11.2 Å². The molecular formula is C13H18BrFN2O. The van der Waals surface area contributed by atoms with Crippen molar-refractivity contribution in [2.75, 3.05) is 6.61 Å². The molecule has 1 aliphatic heterocycles. The normalized spacial score (nSPS) is 25.3. The van der Waals surface area contributed by atoms with Crippen molar-refractivity contribution in [2.24, 2.45) is 11.8 Å². The average Bonchev–Trinajstić information content (AvgIpc) is 2.75. The van der Waals surface area contributed by atoms with E-state index in [1.165, 1.54) is 12.1 Å². The lowest BCUT2D eigenvalue weighted by molar-refractivity contribution is 0.0954. The Kier molecular flexibility index (Phi) is 4.72. The molecule has 0 saturated carbocycles. The molecule has 0 spiro atoms. The molecule has 1 aromatic carbocycles. The fraction of sp³-hybridized carbons (Fsp3) is 0.538. The zero-order valence-corrected chi connectivity index (χ0v) is 11.9. The number of hydrazine groups is 1. The largest absolute Gasteiger partial charge is 0.378 e. The maximum absolute atomic E-state index is 13.0. The second kappa shape index (κ2) is 6.10. The lowest BCUT2D eigenvalue weighted by atomic mass is 9.89. The van der Waals surface area contributed by atoms with Crippen LogP contribution in [0.15, 0.2) is 22.7 Å². The van der Waals surface area contributed by atoms with E-state index in [-0.39, 0.29) is 18.0 Å². The van der Waals surface area contributed by atoms with Crippen molar-refractivity contribution in [3.05, 3.63) is 34.1 Å². The maximum Gasteiger partial charge on any atom is 0.124 e. The van der Waals surface area contributed by atoms with Crippen LogP contribution >= 0.6 is 15.9 Å². The number of benzene rings is 1. The van der Waals surface area contributed by atoms with Gasteiger partial charge in [-0.25, -0.2) is 4.39 Å². The summed E-state index contributed by atoms with van der Waals surface area (Å²) in [5.41, 5.74) is 3.92. The number of halogens is 2. The maximum atomic E-state index is 13.0. The number of nitrogens with one attached hydrogen (secondary N) is 1. The third kappa shape index (κ3) is 3.09. The number of ether oxygens (including phenoxy) is 1. The van der Waals surface area contributed by atoms with Crippen molar-refractivity contribution in [1.82, 2.24) is 5.43 Å². The molecule has 2 rings (SSSR count). The lowest BCUT2D eigenvalue weighted by Gasteiger charge is -2.25. The third-order valence-electron chi connectivity index (χ3n) is 3.62. The molecule has 18 heavy (non-hydrogen) atoms. The molecule has 1 heterocycles. The van der Waals surface area contributed by atoms with Crippen molar-refractivity contribution in [1.29, 1.82) is 0 Å². The highest BCUT2D eigenvalue weighted by molar-refractivity contribution is 9.10. The van der Waals surface area contributed by atoms with Crippen LogP contribution in [0.2, 0.25) is 0 Å². The molecule has 3 atom stereocenters. The Morgan fingerprint density at radius 3 is 2.94 bits per heavy atom. The Hall–Kier alpha value is -0.490. The van der Waals surface area contributed by atoms with E-state index >= 15 is 0 Å². The van der Waals surface area contributed by atoms with Crippen LogP contribution in [0, 0.1) is 11.7 Å². The summed E-state index contributed by atoms with van der Waals surface area (Å²) < 4.78 is 19.4. The molecule has 1 saturated heterocycles. The van der Waals surface area contributed by atoms with E-state index in [2.05, 4.69) is 28.3 Å². The summed E-state index contributed by atoms with van der Waals surface area (Å²) in [6, 6.07) is 4.90. The summed E-state index contributed by atoms with van der Waals surface area (Å²) in [6.07, 6.45) is 1.98. The molecule has 0 aliphatic carbocycles. The van der Waals surface area contributed by atoms with Crippen molar-refractivity contribution in [2.45, 2.75) is 31.9 Å². The lowest BCUT2D eigenvalue weighted by Crippen LogP contribution is -2.44. The van der Waals surface area contributed by atoms with Gasteiger partial charge in [0.15, 0.2) is 0 Å². The summed E-state index contributed by atoms with van der Waals surface area (Å²) in [7, 11) is 0. The molecular weight excluding hydrogens is 299 g/mol. The van der Waals surface area contributed by atoms with E-state index in [1.807, 2.05) is 0 Å². The van der Waals surface area contributed by atoms with Gasteiger partial charge in [0.25, 0.3) is 0 Å². The van der Waals surface area contributed by atoms with Gasteiger partial charge in [0.1, 0.15) is 5.82 Å². The Morgan fingerprint density at radius 2 is 2.39 bits per heavy atom. The molecule has 0 radical (unpaired) electrons. The van der Waals surface area contributed by atoms with Crippen LogP contribution in [0.25, 0.3) is 0 Å². The van der Waals surface area contributed by atoms with E-state index in [0.717, 1.165) is 29.5 Å². The van der Waals surface area contributed by atoms with Gasteiger partial charge in [0, 0.05) is 23.0 Å². The second-order valence-corrected chi connectivity index (χ2v) is 5.60. The van der Waals surface area contributed by atoms with E-state index < -0.39 is 0 Å². The summed E-state index contributed by atoms with van der Waals surface area (Å²) in [5, 5.41) is 0. The molecule has 5 heteroatoms. The van der Waals surface area contributed by atoms with Gasteiger partial charge in [-0.15, -0.1) is 0 Å². The van der Waals surface area contributed by atoms with Crippen LogP contribution in [0.3, 0.4) is 0 Å². The van der Waals surface area contributed by atoms with Crippen LogP contribution in [-0.4, -0.2) is 18.8 Å². The molecule has 3 N–H and O–H groups in total. The molecule has 3 nitrogen and oxygen atoms in total. The minimum absolute atomic E-state index is 0.143. The van der Waals surface area contributed by atoms with Gasteiger partial charge in [-0.3, -0.25) is 11.3 Å². The van der Waals surface area contributed by atoms with Gasteiger partial charge in [-0.2, -0.15) is 0 Å². The summed E-state index contributed by atoms with van der Waals surface area (Å²) in [4.78, 5) is 0. The van der Waals surface area contributed by atoms with E-state index in [9.17, 15) is 4.39 Å². The zero-order chi connectivity index (χ0) is 13.1. The third-order valence-corrected chi connectivity index (χ3v) is 4.36. The first-order chi connectivity index (χ1) is 8.61.